The summed E-state index contributed by atoms with van der Waals surface area (Å²) >= 11 is 0. The molecule has 0 bridgehead atoms. The molecule has 1 amide bonds. The van der Waals surface area contributed by atoms with Crippen molar-refractivity contribution in [2.24, 2.45) is 0 Å². The van der Waals surface area contributed by atoms with Gasteiger partial charge in [-0.15, -0.1) is 5.10 Å². The van der Waals surface area contributed by atoms with Gasteiger partial charge in [-0.25, -0.2) is 4.68 Å². The lowest BCUT2D eigenvalue weighted by Crippen LogP contribution is -2.29. The van der Waals surface area contributed by atoms with E-state index in [0.29, 0.717) is 41.9 Å². The number of rotatable bonds is 5. The number of aromatic nitrogens is 5. The molecule has 0 unspecified atom stereocenters. The molecular weight excluding hydrogens is 360 g/mol. The van der Waals surface area contributed by atoms with Gasteiger partial charge in [-0.05, 0) is 37.5 Å². The smallest absolute Gasteiger partial charge is 0.280 e. The summed E-state index contributed by atoms with van der Waals surface area (Å²) in [5.74, 6) is 2.25. The minimum absolute atomic E-state index is 0.00675. The highest BCUT2D eigenvalue weighted by Crippen LogP contribution is 2.38. The van der Waals surface area contributed by atoms with Crippen molar-refractivity contribution in [3.8, 4) is 17.3 Å². The Hall–Kier alpha value is -3.23. The molecule has 9 heteroatoms. The summed E-state index contributed by atoms with van der Waals surface area (Å²) in [6.07, 6.45) is 4.86. The molecule has 1 aliphatic carbocycles. The first-order valence-electron chi connectivity index (χ1n) is 9.40. The topological polar surface area (TPSA) is 99.2 Å². The average molecular weight is 380 g/mol. The Morgan fingerprint density at radius 1 is 1.29 bits per heavy atom. The summed E-state index contributed by atoms with van der Waals surface area (Å²) in [4.78, 5) is 19.0. The van der Waals surface area contributed by atoms with Gasteiger partial charge in [-0.2, -0.15) is 4.98 Å². The monoisotopic (exact) mass is 380 g/mol. The molecule has 144 valence electrons. The van der Waals surface area contributed by atoms with Gasteiger partial charge in [-0.3, -0.25) is 4.79 Å². The van der Waals surface area contributed by atoms with Crippen LogP contribution in [0.4, 0.5) is 0 Å². The zero-order valence-corrected chi connectivity index (χ0v) is 15.5. The summed E-state index contributed by atoms with van der Waals surface area (Å²) in [7, 11) is 1.59. The van der Waals surface area contributed by atoms with Gasteiger partial charge in [0.1, 0.15) is 5.75 Å². The molecule has 28 heavy (non-hydrogen) atoms. The highest BCUT2D eigenvalue weighted by molar-refractivity contribution is 5.94. The molecule has 3 aromatic rings. The Kier molecular flexibility index (Phi) is 4.07. The summed E-state index contributed by atoms with van der Waals surface area (Å²) in [6.45, 7) is 1.25. The molecule has 1 aliphatic heterocycles. The number of likely N-dealkylation sites (tertiary alicyclic amines) is 1. The zero-order chi connectivity index (χ0) is 19.1. The fourth-order valence-corrected chi connectivity index (χ4v) is 3.48. The second-order valence-corrected chi connectivity index (χ2v) is 7.24. The van der Waals surface area contributed by atoms with Crippen molar-refractivity contribution < 1.29 is 14.1 Å². The molecule has 0 spiro atoms. The lowest BCUT2D eigenvalue weighted by Gasteiger charge is -2.17. The predicted octanol–water partition coefficient (Wildman–Crippen LogP) is 2.30. The number of carbonyl (C=O) groups is 1. The summed E-state index contributed by atoms with van der Waals surface area (Å²) in [6, 6.07) is 7.28. The van der Waals surface area contributed by atoms with Gasteiger partial charge in [0.05, 0.1) is 19.3 Å². The molecule has 2 fully saturated rings. The number of methoxy groups -OCH3 is 1. The summed E-state index contributed by atoms with van der Waals surface area (Å²) in [5, 5.41) is 12.4. The summed E-state index contributed by atoms with van der Waals surface area (Å²) < 4.78 is 12.3. The van der Waals surface area contributed by atoms with E-state index in [9.17, 15) is 4.79 Å². The highest BCUT2D eigenvalue weighted by Gasteiger charge is 2.31. The van der Waals surface area contributed by atoms with E-state index in [1.165, 1.54) is 0 Å². The van der Waals surface area contributed by atoms with Crippen LogP contribution in [0.2, 0.25) is 0 Å². The van der Waals surface area contributed by atoms with Crippen LogP contribution < -0.4 is 4.74 Å². The quantitative estimate of drug-likeness (QED) is 0.669. The van der Waals surface area contributed by atoms with Crippen LogP contribution in [0.25, 0.3) is 11.6 Å². The minimum atomic E-state index is -0.00675. The van der Waals surface area contributed by atoms with E-state index in [-0.39, 0.29) is 11.9 Å². The van der Waals surface area contributed by atoms with Gasteiger partial charge in [-0.1, -0.05) is 16.4 Å². The largest absolute Gasteiger partial charge is 0.497 e. The Balaban J connectivity index is 1.28. The molecule has 1 atom stereocenters. The first kappa shape index (κ1) is 16.9. The van der Waals surface area contributed by atoms with Crippen molar-refractivity contribution in [2.75, 3.05) is 20.2 Å². The van der Waals surface area contributed by atoms with Crippen LogP contribution in [0.3, 0.4) is 0 Å². The molecule has 9 nitrogen and oxygen atoms in total. The second-order valence-electron chi connectivity index (χ2n) is 7.24. The number of benzene rings is 1. The summed E-state index contributed by atoms with van der Waals surface area (Å²) in [5.41, 5.74) is 1.19. The van der Waals surface area contributed by atoms with E-state index in [1.807, 2.05) is 23.2 Å². The van der Waals surface area contributed by atoms with E-state index < -0.39 is 0 Å². The molecule has 3 heterocycles. The third-order valence-corrected chi connectivity index (χ3v) is 5.26. The van der Waals surface area contributed by atoms with Crippen LogP contribution in [0.1, 0.15) is 47.4 Å². The van der Waals surface area contributed by atoms with Crippen LogP contribution >= 0.6 is 0 Å². The van der Waals surface area contributed by atoms with Crippen LogP contribution in [-0.4, -0.2) is 56.1 Å². The molecular formula is C19H20N6O3. The van der Waals surface area contributed by atoms with Gasteiger partial charge in [0, 0.05) is 24.6 Å². The van der Waals surface area contributed by atoms with Gasteiger partial charge < -0.3 is 14.2 Å². The molecule has 0 N–H and O–H groups in total. The maximum absolute atomic E-state index is 12.8. The van der Waals surface area contributed by atoms with Crippen molar-refractivity contribution in [3.05, 3.63) is 41.9 Å². The fourth-order valence-electron chi connectivity index (χ4n) is 3.48. The van der Waals surface area contributed by atoms with Gasteiger partial charge in [0.15, 0.2) is 11.5 Å². The van der Waals surface area contributed by atoms with Crippen molar-refractivity contribution in [1.82, 2.24) is 30.0 Å². The Labute approximate surface area is 161 Å². The molecule has 0 radical (unpaired) electrons. The van der Waals surface area contributed by atoms with Crippen molar-refractivity contribution in [2.45, 2.75) is 31.2 Å². The number of amides is 1. The van der Waals surface area contributed by atoms with Gasteiger partial charge >= 0.3 is 0 Å². The Morgan fingerprint density at radius 3 is 3.00 bits per heavy atom. The first-order valence-corrected chi connectivity index (χ1v) is 9.40. The van der Waals surface area contributed by atoms with Crippen molar-refractivity contribution >= 4 is 5.91 Å². The molecule has 5 rings (SSSR count). The third kappa shape index (κ3) is 3.12. The maximum atomic E-state index is 12.8. The van der Waals surface area contributed by atoms with Crippen molar-refractivity contribution in [3.63, 3.8) is 0 Å². The lowest BCUT2D eigenvalue weighted by atomic mass is 10.2. The second kappa shape index (κ2) is 6.74. The van der Waals surface area contributed by atoms with E-state index in [1.54, 1.807) is 23.9 Å². The number of ether oxygens (including phenoxy) is 1. The molecule has 2 aliphatic rings. The van der Waals surface area contributed by atoms with Gasteiger partial charge in [0.2, 0.25) is 0 Å². The van der Waals surface area contributed by atoms with Crippen LogP contribution in [0.5, 0.6) is 5.75 Å². The third-order valence-electron chi connectivity index (χ3n) is 5.26. The molecule has 1 aromatic carbocycles. The number of hydrogen-bond donors (Lipinski definition) is 0. The van der Waals surface area contributed by atoms with Crippen molar-refractivity contribution in [1.29, 1.82) is 0 Å². The SMILES string of the molecule is COc1cccc(C(=O)N2CC[C@H](n3cc(-c4nc(C5CC5)no4)nn3)C2)c1. The predicted molar refractivity (Wildman–Crippen MR) is 97.8 cm³/mol. The standard InChI is InChI=1S/C19H20N6O3/c1-27-15-4-2-3-13(9-15)19(26)24-8-7-14(10-24)25-11-16(21-23-25)18-20-17(22-28-18)12-5-6-12/h2-4,9,11-12,14H,5-8,10H2,1H3/t14-/m0/s1. The van der Waals surface area contributed by atoms with Crippen LogP contribution in [-0.2, 0) is 0 Å². The number of nitrogens with zero attached hydrogens (tertiary/aromatic N) is 6. The molecule has 1 saturated heterocycles. The van der Waals surface area contributed by atoms with E-state index in [0.717, 1.165) is 25.1 Å². The Bertz CT molecular complexity index is 1010. The number of hydrogen-bond acceptors (Lipinski definition) is 7. The maximum Gasteiger partial charge on any atom is 0.280 e. The number of carbonyl (C=O) groups excluding carboxylic acids is 1. The normalized spacial score (nSPS) is 19.2. The van der Waals surface area contributed by atoms with E-state index in [2.05, 4.69) is 20.5 Å². The first-order chi connectivity index (χ1) is 13.7. The minimum Gasteiger partial charge on any atom is -0.497 e. The average Bonchev–Trinajstić information content (AvgIpc) is 3.16. The highest BCUT2D eigenvalue weighted by atomic mass is 16.5. The molecule has 2 aromatic heterocycles. The van der Waals surface area contributed by atoms with E-state index >= 15 is 0 Å². The fraction of sp³-hybridized carbons (Fsp3) is 0.421. The van der Waals surface area contributed by atoms with E-state index in [4.69, 9.17) is 9.26 Å². The Morgan fingerprint density at radius 2 is 2.18 bits per heavy atom. The lowest BCUT2D eigenvalue weighted by molar-refractivity contribution is 0.0786. The van der Waals surface area contributed by atoms with Gasteiger partial charge in [0.25, 0.3) is 11.8 Å². The van der Waals surface area contributed by atoms with Crippen LogP contribution in [0.15, 0.2) is 35.0 Å². The molecule has 1 saturated carbocycles. The van der Waals surface area contributed by atoms with Crippen LogP contribution in [0, 0.1) is 0 Å². The zero-order valence-electron chi connectivity index (χ0n) is 15.5.